The normalized spacial score (nSPS) is 24.3. The predicted octanol–water partition coefficient (Wildman–Crippen LogP) is 6.05. The number of anilines is 1. The molecule has 1 N–H and O–H groups in total. The van der Waals surface area contributed by atoms with Crippen LogP contribution in [0, 0.1) is 17.2 Å². The van der Waals surface area contributed by atoms with Crippen LogP contribution in [0.4, 0.5) is 15.0 Å². The molecule has 1 saturated carbocycles. The summed E-state index contributed by atoms with van der Waals surface area (Å²) in [5.74, 6) is 1.02. The van der Waals surface area contributed by atoms with Crippen LogP contribution in [0.2, 0.25) is 0 Å². The van der Waals surface area contributed by atoms with E-state index < -0.39 is 21.6 Å². The summed E-state index contributed by atoms with van der Waals surface area (Å²) in [6.07, 6.45) is 10.4. The van der Waals surface area contributed by atoms with Crippen molar-refractivity contribution in [3.63, 3.8) is 0 Å². The van der Waals surface area contributed by atoms with Crippen molar-refractivity contribution in [3.05, 3.63) is 42.1 Å². The van der Waals surface area contributed by atoms with Crippen molar-refractivity contribution in [3.8, 4) is 11.5 Å². The van der Waals surface area contributed by atoms with Gasteiger partial charge in [0.25, 0.3) is 16.1 Å². The molecule has 4 aliphatic heterocycles. The second kappa shape index (κ2) is 16.8. The van der Waals surface area contributed by atoms with E-state index in [9.17, 15) is 22.4 Å². The van der Waals surface area contributed by atoms with Crippen molar-refractivity contribution >= 4 is 28.0 Å². The molecule has 320 valence electrons. The average Bonchev–Trinajstić information content (AvgIpc) is 3.91. The summed E-state index contributed by atoms with van der Waals surface area (Å²) < 4.78 is 58.0. The van der Waals surface area contributed by atoms with Crippen LogP contribution >= 0.6 is 0 Å². The van der Waals surface area contributed by atoms with Gasteiger partial charge in [0.15, 0.2) is 11.6 Å². The molecule has 1 spiro atoms. The van der Waals surface area contributed by atoms with E-state index in [1.165, 1.54) is 24.5 Å². The van der Waals surface area contributed by atoms with Crippen molar-refractivity contribution in [2.24, 2.45) is 11.3 Å². The number of carbonyl (C=O) groups is 2. The van der Waals surface area contributed by atoms with E-state index in [0.29, 0.717) is 37.0 Å². The maximum Gasteiger partial charge on any atom is 0.410 e. The number of hydrogen-bond donors (Lipinski definition) is 1. The van der Waals surface area contributed by atoms with Gasteiger partial charge in [-0.2, -0.15) is 17.4 Å². The molecule has 5 fully saturated rings. The second-order valence-electron chi connectivity index (χ2n) is 18.9. The fraction of sp³-hybridized carbons (Fsp3) is 0.714. The average molecular weight is 827 g/mol. The lowest BCUT2D eigenvalue weighted by Gasteiger charge is -2.46. The molecule has 1 aliphatic carbocycles. The maximum atomic E-state index is 14.5. The third kappa shape index (κ3) is 9.39. The highest BCUT2D eigenvalue weighted by atomic mass is 32.2. The number of piperazine rings is 1. The van der Waals surface area contributed by atoms with Gasteiger partial charge in [-0.3, -0.25) is 4.79 Å². The summed E-state index contributed by atoms with van der Waals surface area (Å²) in [6.45, 7) is 18.7. The van der Waals surface area contributed by atoms with Gasteiger partial charge in [0.2, 0.25) is 0 Å². The standard InChI is InChI=1S/C42H63FN8O6S/c1-28(2)51(29(3)4)39(52)35-20-31(43)8-9-36(35)56-37-22-44-27-45-38(37)48-17-12-30(24-48)23-47-18-15-42(16-19-47)13-10-32(11-14-42)46-58(54,55)50-26-33-21-34(50)25-49(33)40(53)57-41(5,6)7/h8-9,20,22,27-30,32-34,46H,10-19,21,23-26H2,1-7H3/t30-,33-,34-/m0/s1. The quantitative estimate of drug-likeness (QED) is 0.285. The highest BCUT2D eigenvalue weighted by molar-refractivity contribution is 7.87. The Morgan fingerprint density at radius 2 is 1.67 bits per heavy atom. The van der Waals surface area contributed by atoms with E-state index in [1.807, 2.05) is 48.5 Å². The molecule has 16 heteroatoms. The molecule has 2 bridgehead atoms. The third-order valence-corrected chi connectivity index (χ3v) is 14.6. The van der Waals surface area contributed by atoms with Crippen LogP contribution in [0.5, 0.6) is 11.5 Å². The molecule has 7 rings (SSSR count). The third-order valence-electron chi connectivity index (χ3n) is 12.9. The van der Waals surface area contributed by atoms with Crippen molar-refractivity contribution < 1.29 is 31.9 Å². The Morgan fingerprint density at radius 3 is 2.31 bits per heavy atom. The maximum absolute atomic E-state index is 14.5. The zero-order valence-corrected chi connectivity index (χ0v) is 36.1. The molecular formula is C42H63FN8O6S. The molecule has 14 nitrogen and oxygen atoms in total. The van der Waals surface area contributed by atoms with Crippen LogP contribution in [0.25, 0.3) is 0 Å². The first-order valence-corrected chi connectivity index (χ1v) is 22.7. The van der Waals surface area contributed by atoms with Gasteiger partial charge >= 0.3 is 6.09 Å². The van der Waals surface area contributed by atoms with Gasteiger partial charge in [0, 0.05) is 56.9 Å². The van der Waals surface area contributed by atoms with E-state index >= 15 is 0 Å². The number of likely N-dealkylation sites (tertiary alicyclic amines) is 2. The van der Waals surface area contributed by atoms with Crippen molar-refractivity contribution in [1.82, 2.24) is 33.7 Å². The van der Waals surface area contributed by atoms with Crippen LogP contribution in [0.1, 0.15) is 110 Å². The highest BCUT2D eigenvalue weighted by Crippen LogP contribution is 2.45. The molecule has 5 heterocycles. The molecule has 1 aromatic carbocycles. The zero-order chi connectivity index (χ0) is 41.6. The summed E-state index contributed by atoms with van der Waals surface area (Å²) >= 11 is 0. The lowest BCUT2D eigenvalue weighted by molar-refractivity contribution is 0.0171. The van der Waals surface area contributed by atoms with Gasteiger partial charge in [-0.25, -0.2) is 19.2 Å². The molecule has 5 aliphatic rings. The number of nitrogens with zero attached hydrogens (tertiary/aromatic N) is 7. The van der Waals surface area contributed by atoms with E-state index in [4.69, 9.17) is 9.47 Å². The first kappa shape index (κ1) is 42.5. The number of piperidine rings is 1. The fourth-order valence-corrected chi connectivity index (χ4v) is 11.8. The number of ether oxygens (including phenoxy) is 2. The fourth-order valence-electron chi connectivity index (χ4n) is 10.0. The van der Waals surface area contributed by atoms with E-state index in [0.717, 1.165) is 77.7 Å². The number of amides is 2. The van der Waals surface area contributed by atoms with Crippen molar-refractivity contribution in [2.45, 2.75) is 136 Å². The van der Waals surface area contributed by atoms with Crippen LogP contribution in [0.15, 0.2) is 30.7 Å². The lowest BCUT2D eigenvalue weighted by atomic mass is 9.67. The smallest absolute Gasteiger partial charge is 0.410 e. The highest BCUT2D eigenvalue weighted by Gasteiger charge is 2.51. The summed E-state index contributed by atoms with van der Waals surface area (Å²) in [7, 11) is -3.65. The Morgan fingerprint density at radius 1 is 0.966 bits per heavy atom. The SMILES string of the molecule is CC(C)N(C(=O)c1cc(F)ccc1Oc1cncnc1N1CC[C@@H](CN2CCC3(CCC(NS(=O)(=O)N4C[C@@H]5C[C@H]4CN5C(=O)OC(C)(C)C)CC3)CC2)C1)C(C)C. The molecule has 2 amide bonds. The minimum absolute atomic E-state index is 0.0696. The number of fused-ring (bicyclic) bond motifs is 2. The Bertz CT molecular complexity index is 1900. The Kier molecular flexibility index (Phi) is 12.3. The van der Waals surface area contributed by atoms with Crippen LogP contribution in [0.3, 0.4) is 0 Å². The number of hydrogen-bond acceptors (Lipinski definition) is 10. The number of rotatable bonds is 11. The van der Waals surface area contributed by atoms with Gasteiger partial charge in [-0.1, -0.05) is 0 Å². The van der Waals surface area contributed by atoms with E-state index in [2.05, 4.69) is 24.5 Å². The monoisotopic (exact) mass is 826 g/mol. The van der Waals surface area contributed by atoms with Gasteiger partial charge in [0.1, 0.15) is 23.5 Å². The first-order chi connectivity index (χ1) is 27.4. The van der Waals surface area contributed by atoms with Crippen molar-refractivity contribution in [2.75, 3.05) is 50.7 Å². The Labute approximate surface area is 344 Å². The molecule has 4 saturated heterocycles. The second-order valence-corrected chi connectivity index (χ2v) is 20.6. The number of benzene rings is 1. The summed E-state index contributed by atoms with van der Waals surface area (Å²) in [5.41, 5.74) is -0.164. The van der Waals surface area contributed by atoms with Crippen LogP contribution in [-0.4, -0.2) is 131 Å². The lowest BCUT2D eigenvalue weighted by Crippen LogP contribution is -2.56. The first-order valence-electron chi connectivity index (χ1n) is 21.3. The number of halogens is 1. The number of carbonyl (C=O) groups excluding carboxylic acids is 2. The summed E-state index contributed by atoms with van der Waals surface area (Å²) in [6, 6.07) is 3.46. The molecule has 0 radical (unpaired) electrons. The Hall–Kier alpha value is -3.60. The van der Waals surface area contributed by atoms with Gasteiger partial charge in [-0.15, -0.1) is 0 Å². The molecule has 2 aromatic rings. The van der Waals surface area contributed by atoms with Crippen molar-refractivity contribution in [1.29, 1.82) is 0 Å². The number of nitrogens with one attached hydrogen (secondary N) is 1. The van der Waals surface area contributed by atoms with Gasteiger partial charge in [0.05, 0.1) is 17.8 Å². The Balaban J connectivity index is 0.879. The minimum atomic E-state index is -3.65. The zero-order valence-electron chi connectivity index (χ0n) is 35.3. The molecule has 1 aromatic heterocycles. The molecular weight excluding hydrogens is 764 g/mol. The number of aromatic nitrogens is 2. The minimum Gasteiger partial charge on any atom is -0.451 e. The molecule has 3 atom stereocenters. The van der Waals surface area contributed by atoms with E-state index in [1.54, 1.807) is 20.3 Å². The molecule has 0 unspecified atom stereocenters. The topological polar surface area (TPSA) is 141 Å². The summed E-state index contributed by atoms with van der Waals surface area (Å²) in [4.78, 5) is 43.4. The molecule has 58 heavy (non-hydrogen) atoms. The van der Waals surface area contributed by atoms with Gasteiger partial charge in [-0.05, 0) is 142 Å². The van der Waals surface area contributed by atoms with Gasteiger partial charge < -0.3 is 29.1 Å². The predicted molar refractivity (Wildman–Crippen MR) is 220 cm³/mol. The van der Waals surface area contributed by atoms with Crippen LogP contribution in [-0.2, 0) is 14.9 Å². The van der Waals surface area contributed by atoms with E-state index in [-0.39, 0.29) is 58.9 Å². The largest absolute Gasteiger partial charge is 0.451 e. The van der Waals surface area contributed by atoms with Crippen LogP contribution < -0.4 is 14.4 Å². The summed E-state index contributed by atoms with van der Waals surface area (Å²) in [5, 5.41) is 0.